The molecule has 1 atom stereocenters. The number of aryl methyl sites for hydroxylation is 1. The van der Waals surface area contributed by atoms with Crippen LogP contribution in [0.2, 0.25) is 0 Å². The van der Waals surface area contributed by atoms with E-state index in [-0.39, 0.29) is 6.04 Å². The SMILES string of the molecule is Cc1cc(C(NN)c2ccc3cccnc3c2)co1. The molecule has 3 rings (SSSR count). The van der Waals surface area contributed by atoms with Crippen LogP contribution >= 0.6 is 0 Å². The van der Waals surface area contributed by atoms with Crippen LogP contribution in [0.3, 0.4) is 0 Å². The van der Waals surface area contributed by atoms with Crippen molar-refractivity contribution in [1.29, 1.82) is 0 Å². The van der Waals surface area contributed by atoms with Crippen molar-refractivity contribution >= 4 is 10.9 Å². The minimum Gasteiger partial charge on any atom is -0.469 e. The van der Waals surface area contributed by atoms with E-state index in [1.54, 1.807) is 12.5 Å². The van der Waals surface area contributed by atoms with E-state index in [9.17, 15) is 0 Å². The second kappa shape index (κ2) is 4.84. The lowest BCUT2D eigenvalue weighted by Crippen LogP contribution is -2.28. The highest BCUT2D eigenvalue weighted by Gasteiger charge is 2.15. The molecule has 0 radical (unpaired) electrons. The first kappa shape index (κ1) is 11.9. The van der Waals surface area contributed by atoms with Crippen molar-refractivity contribution in [2.24, 2.45) is 5.84 Å². The molecule has 0 fully saturated rings. The highest BCUT2D eigenvalue weighted by Crippen LogP contribution is 2.25. The Kier molecular flexibility index (Phi) is 3.03. The highest BCUT2D eigenvalue weighted by atomic mass is 16.3. The van der Waals surface area contributed by atoms with E-state index >= 15 is 0 Å². The van der Waals surface area contributed by atoms with Crippen LogP contribution in [0.25, 0.3) is 10.9 Å². The molecule has 0 aliphatic heterocycles. The van der Waals surface area contributed by atoms with Crippen LogP contribution in [-0.4, -0.2) is 4.98 Å². The second-order valence-electron chi connectivity index (χ2n) is 4.55. The van der Waals surface area contributed by atoms with Gasteiger partial charge in [0.05, 0.1) is 17.8 Å². The molecule has 1 unspecified atom stereocenters. The quantitative estimate of drug-likeness (QED) is 0.556. The fourth-order valence-corrected chi connectivity index (χ4v) is 2.26. The molecule has 0 amide bonds. The highest BCUT2D eigenvalue weighted by molar-refractivity contribution is 5.79. The van der Waals surface area contributed by atoms with Crippen LogP contribution in [0.1, 0.15) is 22.9 Å². The van der Waals surface area contributed by atoms with Crippen molar-refractivity contribution in [3.63, 3.8) is 0 Å². The zero-order valence-corrected chi connectivity index (χ0v) is 10.6. The Morgan fingerprint density at radius 2 is 2.11 bits per heavy atom. The van der Waals surface area contributed by atoms with Crippen LogP contribution < -0.4 is 11.3 Å². The number of rotatable bonds is 3. The number of aromatic nitrogens is 1. The van der Waals surface area contributed by atoms with Crippen molar-refractivity contribution in [1.82, 2.24) is 10.4 Å². The van der Waals surface area contributed by atoms with Gasteiger partial charge >= 0.3 is 0 Å². The number of hydrazine groups is 1. The van der Waals surface area contributed by atoms with E-state index in [4.69, 9.17) is 10.3 Å². The third kappa shape index (κ3) is 2.23. The van der Waals surface area contributed by atoms with Gasteiger partial charge in [0.15, 0.2) is 0 Å². The van der Waals surface area contributed by atoms with Gasteiger partial charge in [-0.25, -0.2) is 5.43 Å². The summed E-state index contributed by atoms with van der Waals surface area (Å²) in [6, 6.07) is 12.0. The molecule has 0 bridgehead atoms. The number of furan rings is 1. The van der Waals surface area contributed by atoms with Crippen LogP contribution in [-0.2, 0) is 0 Å². The summed E-state index contributed by atoms with van der Waals surface area (Å²) >= 11 is 0. The largest absolute Gasteiger partial charge is 0.469 e. The Hall–Kier alpha value is -2.17. The minimum absolute atomic E-state index is 0.0937. The van der Waals surface area contributed by atoms with Crippen LogP contribution in [0.5, 0.6) is 0 Å². The van der Waals surface area contributed by atoms with Crippen molar-refractivity contribution in [3.8, 4) is 0 Å². The van der Waals surface area contributed by atoms with Crippen molar-refractivity contribution < 1.29 is 4.42 Å². The van der Waals surface area contributed by atoms with E-state index < -0.39 is 0 Å². The molecular formula is C15H15N3O. The number of hydrogen-bond donors (Lipinski definition) is 2. The lowest BCUT2D eigenvalue weighted by molar-refractivity contribution is 0.526. The molecular weight excluding hydrogens is 238 g/mol. The van der Waals surface area contributed by atoms with Gasteiger partial charge in [-0.1, -0.05) is 18.2 Å². The summed E-state index contributed by atoms with van der Waals surface area (Å²) in [5.41, 5.74) is 5.86. The van der Waals surface area contributed by atoms with Gasteiger partial charge in [0.1, 0.15) is 5.76 Å². The molecule has 0 aliphatic rings. The molecule has 19 heavy (non-hydrogen) atoms. The van der Waals surface area contributed by atoms with E-state index in [2.05, 4.69) is 22.5 Å². The summed E-state index contributed by atoms with van der Waals surface area (Å²) < 4.78 is 5.35. The summed E-state index contributed by atoms with van der Waals surface area (Å²) in [5.74, 6) is 6.55. The maximum atomic E-state index is 5.68. The van der Waals surface area contributed by atoms with Crippen molar-refractivity contribution in [2.45, 2.75) is 13.0 Å². The van der Waals surface area contributed by atoms with Gasteiger partial charge in [0.25, 0.3) is 0 Å². The average Bonchev–Trinajstić information content (AvgIpc) is 2.86. The Morgan fingerprint density at radius 1 is 1.21 bits per heavy atom. The number of pyridine rings is 1. The summed E-state index contributed by atoms with van der Waals surface area (Å²) in [5, 5.41) is 1.12. The first-order valence-electron chi connectivity index (χ1n) is 6.14. The molecule has 96 valence electrons. The second-order valence-corrected chi connectivity index (χ2v) is 4.55. The third-order valence-electron chi connectivity index (χ3n) is 3.21. The predicted octanol–water partition coefficient (Wildman–Crippen LogP) is 2.69. The number of fused-ring (bicyclic) bond motifs is 1. The number of hydrogen-bond acceptors (Lipinski definition) is 4. The monoisotopic (exact) mass is 253 g/mol. The van der Waals surface area contributed by atoms with Gasteiger partial charge in [-0.2, -0.15) is 0 Å². The van der Waals surface area contributed by atoms with E-state index in [0.29, 0.717) is 0 Å². The van der Waals surface area contributed by atoms with E-state index in [1.165, 1.54) is 0 Å². The molecule has 0 spiro atoms. The number of nitrogens with one attached hydrogen (secondary N) is 1. The molecule has 1 aromatic carbocycles. The van der Waals surface area contributed by atoms with Gasteiger partial charge in [0, 0.05) is 17.1 Å². The van der Waals surface area contributed by atoms with Gasteiger partial charge < -0.3 is 4.42 Å². The normalized spacial score (nSPS) is 12.7. The third-order valence-corrected chi connectivity index (χ3v) is 3.21. The smallest absolute Gasteiger partial charge is 0.101 e. The molecule has 2 heterocycles. The lowest BCUT2D eigenvalue weighted by Gasteiger charge is -2.15. The van der Waals surface area contributed by atoms with Crippen LogP contribution in [0.4, 0.5) is 0 Å². The molecule has 4 heteroatoms. The maximum absolute atomic E-state index is 5.68. The number of nitrogens with two attached hydrogens (primary N) is 1. The molecule has 0 saturated carbocycles. The van der Waals surface area contributed by atoms with Crippen LogP contribution in [0, 0.1) is 6.92 Å². The van der Waals surface area contributed by atoms with Gasteiger partial charge in [0.2, 0.25) is 0 Å². The fraction of sp³-hybridized carbons (Fsp3) is 0.133. The first-order chi connectivity index (χ1) is 9.28. The zero-order valence-electron chi connectivity index (χ0n) is 10.6. The minimum atomic E-state index is -0.0937. The number of nitrogens with zero attached hydrogens (tertiary/aromatic N) is 1. The summed E-state index contributed by atoms with van der Waals surface area (Å²) in [6.45, 7) is 1.92. The first-order valence-corrected chi connectivity index (χ1v) is 6.14. The zero-order chi connectivity index (χ0) is 13.2. The summed E-state index contributed by atoms with van der Waals surface area (Å²) in [4.78, 5) is 4.37. The Bertz CT molecular complexity index is 705. The Morgan fingerprint density at radius 3 is 2.84 bits per heavy atom. The maximum Gasteiger partial charge on any atom is 0.101 e. The Balaban J connectivity index is 2.06. The van der Waals surface area contributed by atoms with Gasteiger partial charge in [-0.3, -0.25) is 10.8 Å². The van der Waals surface area contributed by atoms with Crippen LogP contribution in [0.15, 0.2) is 53.3 Å². The molecule has 3 aromatic rings. The lowest BCUT2D eigenvalue weighted by atomic mass is 10.00. The van der Waals surface area contributed by atoms with Gasteiger partial charge in [-0.15, -0.1) is 0 Å². The molecule has 0 aliphatic carbocycles. The molecule has 3 N–H and O–H groups in total. The van der Waals surface area contributed by atoms with Crippen molar-refractivity contribution in [2.75, 3.05) is 0 Å². The summed E-state index contributed by atoms with van der Waals surface area (Å²) in [7, 11) is 0. The molecule has 0 saturated heterocycles. The number of benzene rings is 1. The van der Waals surface area contributed by atoms with Crippen molar-refractivity contribution in [3.05, 3.63) is 65.7 Å². The topological polar surface area (TPSA) is 64.1 Å². The molecule has 4 nitrogen and oxygen atoms in total. The van der Waals surface area contributed by atoms with Gasteiger partial charge in [-0.05, 0) is 30.7 Å². The summed E-state index contributed by atoms with van der Waals surface area (Å²) in [6.07, 6.45) is 3.52. The van der Waals surface area contributed by atoms with E-state index in [1.807, 2.05) is 31.2 Å². The molecule has 2 aromatic heterocycles. The standard InChI is InChI=1S/C15H15N3O/c1-10-7-13(9-19-10)15(18-16)12-5-4-11-3-2-6-17-14(11)8-12/h2-9,15,18H,16H2,1H3. The average molecular weight is 253 g/mol. The Labute approximate surface area is 111 Å². The predicted molar refractivity (Wildman–Crippen MR) is 74.4 cm³/mol. The van der Waals surface area contributed by atoms with E-state index in [0.717, 1.165) is 27.8 Å². The fourth-order valence-electron chi connectivity index (χ4n) is 2.26.